The molecule has 3 aromatic rings. The summed E-state index contributed by atoms with van der Waals surface area (Å²) in [5.74, 6) is 0.879. The number of rotatable bonds is 7. The predicted octanol–water partition coefficient (Wildman–Crippen LogP) is 5.75. The lowest BCUT2D eigenvalue weighted by Crippen LogP contribution is -2.19. The Morgan fingerprint density at radius 1 is 1.10 bits per heavy atom. The molecule has 0 aliphatic heterocycles. The van der Waals surface area contributed by atoms with Crippen molar-refractivity contribution in [2.75, 3.05) is 5.75 Å². The van der Waals surface area contributed by atoms with E-state index in [4.69, 9.17) is 11.6 Å². The molecule has 0 saturated carbocycles. The normalized spacial score (nSPS) is 11.2. The minimum atomic E-state index is -0.133. The van der Waals surface area contributed by atoms with Gasteiger partial charge in [0.15, 0.2) is 0 Å². The number of nitrogens with zero attached hydrogens (tertiary/aromatic N) is 2. The maximum Gasteiger partial charge on any atom is 0.250 e. The molecule has 0 spiro atoms. The zero-order valence-corrected chi connectivity index (χ0v) is 19.3. The molecular weight excluding hydrogens is 414 g/mol. The maximum atomic E-state index is 12.1. The third kappa shape index (κ3) is 5.55. The largest absolute Gasteiger partial charge is 0.318 e. The molecule has 1 heterocycles. The van der Waals surface area contributed by atoms with Crippen LogP contribution in [0.25, 0.3) is 5.69 Å². The molecule has 1 aromatic heterocycles. The van der Waals surface area contributed by atoms with E-state index >= 15 is 0 Å². The van der Waals surface area contributed by atoms with E-state index in [2.05, 4.69) is 67.1 Å². The molecule has 0 aliphatic rings. The Morgan fingerprint density at radius 3 is 2.50 bits per heavy atom. The molecular formula is C24H26ClN3OS. The van der Waals surface area contributed by atoms with E-state index in [0.717, 1.165) is 33.2 Å². The van der Waals surface area contributed by atoms with Gasteiger partial charge in [-0.15, -0.1) is 11.8 Å². The standard InChI is InChI=1S/C24H26ClN3OS/c1-16-9-17(2)11-22(10-16)28-18(3)12-21(19(28)4)13-26-27-24(29)15-30-14-20-7-5-6-8-23(20)25/h5-13H,14-15H2,1-4H3,(H,27,29)/b26-13-. The number of halogens is 1. The number of hydrazone groups is 1. The molecule has 156 valence electrons. The van der Waals surface area contributed by atoms with Crippen molar-refractivity contribution < 1.29 is 4.79 Å². The van der Waals surface area contributed by atoms with Crippen molar-refractivity contribution in [1.82, 2.24) is 9.99 Å². The lowest BCUT2D eigenvalue weighted by atomic mass is 10.1. The van der Waals surface area contributed by atoms with E-state index in [9.17, 15) is 4.79 Å². The van der Waals surface area contributed by atoms with Crippen LogP contribution in [0, 0.1) is 27.7 Å². The molecule has 4 nitrogen and oxygen atoms in total. The molecule has 0 atom stereocenters. The van der Waals surface area contributed by atoms with Crippen molar-refractivity contribution in [3.8, 4) is 5.69 Å². The first kappa shape index (κ1) is 22.2. The van der Waals surface area contributed by atoms with Crippen LogP contribution in [-0.2, 0) is 10.5 Å². The molecule has 6 heteroatoms. The number of aromatic nitrogens is 1. The van der Waals surface area contributed by atoms with Gasteiger partial charge in [0.2, 0.25) is 5.91 Å². The molecule has 0 radical (unpaired) electrons. The highest BCUT2D eigenvalue weighted by atomic mass is 35.5. The first-order chi connectivity index (χ1) is 14.3. The summed E-state index contributed by atoms with van der Waals surface area (Å²) in [4.78, 5) is 12.1. The van der Waals surface area contributed by atoms with Gasteiger partial charge >= 0.3 is 0 Å². The van der Waals surface area contributed by atoms with Crippen LogP contribution >= 0.6 is 23.4 Å². The van der Waals surface area contributed by atoms with E-state index in [1.165, 1.54) is 22.9 Å². The lowest BCUT2D eigenvalue weighted by molar-refractivity contribution is -0.118. The number of aryl methyl sites for hydroxylation is 3. The van der Waals surface area contributed by atoms with Crippen LogP contribution in [0.5, 0.6) is 0 Å². The highest BCUT2D eigenvalue weighted by molar-refractivity contribution is 7.99. The minimum Gasteiger partial charge on any atom is -0.318 e. The maximum absolute atomic E-state index is 12.1. The summed E-state index contributed by atoms with van der Waals surface area (Å²) >= 11 is 7.65. The molecule has 0 fully saturated rings. The number of amides is 1. The van der Waals surface area contributed by atoms with Gasteiger partial charge in [0.25, 0.3) is 0 Å². The zero-order chi connectivity index (χ0) is 21.7. The number of benzene rings is 2. The monoisotopic (exact) mass is 439 g/mol. The number of hydrogen-bond acceptors (Lipinski definition) is 3. The molecule has 1 N–H and O–H groups in total. The Balaban J connectivity index is 1.60. The van der Waals surface area contributed by atoms with Gasteiger partial charge in [-0.05, 0) is 68.7 Å². The van der Waals surface area contributed by atoms with Crippen LogP contribution in [0.2, 0.25) is 5.02 Å². The number of hydrogen-bond donors (Lipinski definition) is 1. The van der Waals surface area contributed by atoms with Crippen molar-refractivity contribution in [3.63, 3.8) is 0 Å². The number of thioether (sulfide) groups is 1. The molecule has 0 bridgehead atoms. The fourth-order valence-electron chi connectivity index (χ4n) is 3.47. The second kappa shape index (κ2) is 10.0. The molecule has 3 rings (SSSR count). The van der Waals surface area contributed by atoms with Crippen molar-refractivity contribution in [2.45, 2.75) is 33.4 Å². The average molecular weight is 440 g/mol. The van der Waals surface area contributed by atoms with Gasteiger partial charge in [-0.3, -0.25) is 4.79 Å². The number of carbonyl (C=O) groups is 1. The van der Waals surface area contributed by atoms with Crippen molar-refractivity contribution in [1.29, 1.82) is 0 Å². The topological polar surface area (TPSA) is 46.4 Å². The third-order valence-corrected chi connectivity index (χ3v) is 6.13. The van der Waals surface area contributed by atoms with E-state index in [1.54, 1.807) is 6.21 Å². The van der Waals surface area contributed by atoms with Crippen LogP contribution in [0.1, 0.15) is 33.6 Å². The smallest absolute Gasteiger partial charge is 0.250 e. The zero-order valence-electron chi connectivity index (χ0n) is 17.7. The Labute approximate surface area is 187 Å². The summed E-state index contributed by atoms with van der Waals surface area (Å²) in [6, 6.07) is 16.3. The Kier molecular flexibility index (Phi) is 7.40. The Hall–Kier alpha value is -2.50. The van der Waals surface area contributed by atoms with Gasteiger partial charge < -0.3 is 4.57 Å². The van der Waals surface area contributed by atoms with E-state index in [1.807, 2.05) is 24.3 Å². The van der Waals surface area contributed by atoms with Gasteiger partial charge in [-0.2, -0.15) is 5.10 Å². The van der Waals surface area contributed by atoms with Crippen LogP contribution in [-0.4, -0.2) is 22.4 Å². The molecule has 0 aliphatic carbocycles. The van der Waals surface area contributed by atoms with Crippen LogP contribution < -0.4 is 5.43 Å². The van der Waals surface area contributed by atoms with Crippen molar-refractivity contribution in [3.05, 3.63) is 87.2 Å². The van der Waals surface area contributed by atoms with Gasteiger partial charge in [0.1, 0.15) is 0 Å². The molecule has 0 saturated heterocycles. The quantitative estimate of drug-likeness (QED) is 0.376. The first-order valence-electron chi connectivity index (χ1n) is 9.76. The van der Waals surface area contributed by atoms with E-state index in [-0.39, 0.29) is 5.91 Å². The second-order valence-electron chi connectivity index (χ2n) is 7.39. The first-order valence-corrected chi connectivity index (χ1v) is 11.3. The molecule has 1 amide bonds. The van der Waals surface area contributed by atoms with Gasteiger partial charge in [0.05, 0.1) is 12.0 Å². The fraction of sp³-hybridized carbons (Fsp3) is 0.250. The van der Waals surface area contributed by atoms with Crippen LogP contribution in [0.15, 0.2) is 53.6 Å². The highest BCUT2D eigenvalue weighted by Crippen LogP contribution is 2.22. The summed E-state index contributed by atoms with van der Waals surface area (Å²) in [5, 5.41) is 4.88. The van der Waals surface area contributed by atoms with Crippen LogP contribution in [0.4, 0.5) is 0 Å². The number of carbonyl (C=O) groups excluding carboxylic acids is 1. The number of nitrogens with one attached hydrogen (secondary N) is 1. The van der Waals surface area contributed by atoms with E-state index in [0.29, 0.717) is 11.5 Å². The summed E-state index contributed by atoms with van der Waals surface area (Å²) < 4.78 is 2.21. The summed E-state index contributed by atoms with van der Waals surface area (Å²) in [6.07, 6.45) is 1.71. The molecule has 0 unspecified atom stereocenters. The Morgan fingerprint density at radius 2 is 1.80 bits per heavy atom. The predicted molar refractivity (Wildman–Crippen MR) is 128 cm³/mol. The fourth-order valence-corrected chi connectivity index (χ4v) is 4.58. The van der Waals surface area contributed by atoms with E-state index < -0.39 is 0 Å². The van der Waals surface area contributed by atoms with Crippen molar-refractivity contribution in [2.24, 2.45) is 5.10 Å². The second-order valence-corrected chi connectivity index (χ2v) is 8.78. The highest BCUT2D eigenvalue weighted by Gasteiger charge is 2.10. The SMILES string of the molecule is Cc1cc(C)cc(-n2c(C)cc(/C=N\NC(=O)CSCc3ccccc3Cl)c2C)c1. The Bertz CT molecular complexity index is 1070. The minimum absolute atomic E-state index is 0.133. The van der Waals surface area contributed by atoms with Gasteiger partial charge in [-0.1, -0.05) is 35.9 Å². The van der Waals surface area contributed by atoms with Gasteiger partial charge in [-0.25, -0.2) is 5.43 Å². The molecule has 30 heavy (non-hydrogen) atoms. The van der Waals surface area contributed by atoms with Crippen LogP contribution in [0.3, 0.4) is 0 Å². The van der Waals surface area contributed by atoms with Crippen molar-refractivity contribution >= 4 is 35.5 Å². The van der Waals surface area contributed by atoms with Gasteiger partial charge in [0, 0.05) is 33.4 Å². The summed E-state index contributed by atoms with van der Waals surface area (Å²) in [7, 11) is 0. The summed E-state index contributed by atoms with van der Waals surface area (Å²) in [6.45, 7) is 8.35. The lowest BCUT2D eigenvalue weighted by Gasteiger charge is -2.11. The summed E-state index contributed by atoms with van der Waals surface area (Å²) in [5.41, 5.74) is 10.4. The average Bonchev–Trinajstić information content (AvgIpc) is 2.96. The third-order valence-electron chi connectivity index (χ3n) is 4.78. The molecule has 2 aromatic carbocycles.